The van der Waals surface area contributed by atoms with Crippen molar-refractivity contribution in [2.45, 2.75) is 59.3 Å². The van der Waals surface area contributed by atoms with Gasteiger partial charge in [0.15, 0.2) is 11.5 Å². The van der Waals surface area contributed by atoms with Crippen molar-refractivity contribution < 1.29 is 29.6 Å². The van der Waals surface area contributed by atoms with Gasteiger partial charge in [-0.15, -0.1) is 41.0 Å². The summed E-state index contributed by atoms with van der Waals surface area (Å²) in [5.41, 5.74) is 4.31. The molecule has 0 N–H and O–H groups in total. The Balaban J connectivity index is 0.00000456. The number of ether oxygens (including phenoxy) is 2. The van der Waals surface area contributed by atoms with Crippen molar-refractivity contribution in [3.63, 3.8) is 0 Å². The molecule has 4 heteroatoms. The molecule has 0 unspecified atom stereocenters. The predicted molar refractivity (Wildman–Crippen MR) is 149 cm³/mol. The van der Waals surface area contributed by atoms with Crippen LogP contribution < -0.4 is 19.9 Å². The van der Waals surface area contributed by atoms with E-state index in [0.29, 0.717) is 13.2 Å². The summed E-state index contributed by atoms with van der Waals surface area (Å²) in [6.07, 6.45) is 9.55. The Labute approximate surface area is 230 Å². The fraction of sp³-hybridized carbons (Fsp3) is 0.344. The summed E-state index contributed by atoms with van der Waals surface area (Å²) in [7, 11) is 0. The molecule has 0 aromatic heterocycles. The third-order valence-electron chi connectivity index (χ3n) is 6.11. The zero-order valence-corrected chi connectivity index (χ0v) is 24.1. The van der Waals surface area contributed by atoms with Gasteiger partial charge in [-0.1, -0.05) is 88.1 Å². The number of benzene rings is 3. The van der Waals surface area contributed by atoms with Gasteiger partial charge in [0.25, 0.3) is 0 Å². The normalized spacial score (nSPS) is 12.0. The van der Waals surface area contributed by atoms with Crippen LogP contribution in [0.1, 0.15) is 64.9 Å². The van der Waals surface area contributed by atoms with Gasteiger partial charge in [0, 0.05) is 20.1 Å². The standard InChI is InChI=1S/C32H37NO2.Ir/c1-4-6-10-21-34-31-18-17-29(24-32(31)35-22-11-7-5-2)28-15-12-14-27(23-28)25(3)30-16-9-8-13-26(30)19-20-33;/h8-9,12-13,15-20,23-24H,4-7,10-11,21-22H2,1-3H3;/q-2;/b26-19-,30-25?;. The molecule has 36 heavy (non-hydrogen) atoms. The second kappa shape index (κ2) is 16.1. The van der Waals surface area contributed by atoms with Crippen molar-refractivity contribution in [3.8, 4) is 22.6 Å². The Morgan fingerprint density at radius 2 is 1.50 bits per heavy atom. The summed E-state index contributed by atoms with van der Waals surface area (Å²) in [6.45, 7) is 7.89. The number of nitrogens with zero attached hydrogens (tertiary/aromatic N) is 1. The molecule has 1 radical (unpaired) electrons. The van der Waals surface area contributed by atoms with Crippen LogP contribution in [0.25, 0.3) is 28.2 Å². The Morgan fingerprint density at radius 3 is 2.19 bits per heavy atom. The number of unbranched alkanes of at least 4 members (excludes halogenated alkanes) is 4. The first-order valence-corrected chi connectivity index (χ1v) is 12.8. The van der Waals surface area contributed by atoms with E-state index in [0.717, 1.165) is 69.7 Å². The van der Waals surface area contributed by atoms with Gasteiger partial charge in [0.1, 0.15) is 0 Å². The van der Waals surface area contributed by atoms with Gasteiger partial charge in [-0.2, -0.15) is 6.21 Å². The molecule has 0 aliphatic rings. The minimum Gasteiger partial charge on any atom is -0.811 e. The minimum absolute atomic E-state index is 0. The summed E-state index contributed by atoms with van der Waals surface area (Å²) in [5, 5.41) is 11.3. The van der Waals surface area contributed by atoms with Crippen LogP contribution in [-0.2, 0) is 20.1 Å². The summed E-state index contributed by atoms with van der Waals surface area (Å²) >= 11 is 0. The molecular formula is C32H37IrNO2-2. The van der Waals surface area contributed by atoms with Crippen molar-refractivity contribution >= 4 is 17.9 Å². The van der Waals surface area contributed by atoms with Crippen LogP contribution in [0.15, 0.2) is 60.7 Å². The second-order valence-electron chi connectivity index (χ2n) is 8.79. The molecule has 3 rings (SSSR count). The van der Waals surface area contributed by atoms with Crippen LogP contribution in [-0.4, -0.2) is 19.4 Å². The third-order valence-corrected chi connectivity index (χ3v) is 6.11. The predicted octanol–water partition coefficient (Wildman–Crippen LogP) is 6.93. The fourth-order valence-electron chi connectivity index (χ4n) is 4.06. The van der Waals surface area contributed by atoms with E-state index in [-0.39, 0.29) is 20.1 Å². The summed E-state index contributed by atoms with van der Waals surface area (Å²) < 4.78 is 12.3. The number of hydrogen-bond donors (Lipinski definition) is 0. The average Bonchev–Trinajstić information content (AvgIpc) is 2.90. The Bertz CT molecular complexity index is 1220. The van der Waals surface area contributed by atoms with Crippen molar-refractivity contribution in [1.29, 1.82) is 0 Å². The molecule has 0 amide bonds. The first kappa shape index (κ1) is 29.5. The monoisotopic (exact) mass is 660 g/mol. The van der Waals surface area contributed by atoms with Crippen molar-refractivity contribution in [2.24, 2.45) is 0 Å². The maximum atomic E-state index is 9.29. The van der Waals surface area contributed by atoms with Crippen LogP contribution in [0, 0.1) is 6.07 Å². The van der Waals surface area contributed by atoms with Crippen LogP contribution in [0.2, 0.25) is 0 Å². The maximum Gasteiger partial charge on any atom is 0.161 e. The van der Waals surface area contributed by atoms with Gasteiger partial charge < -0.3 is 14.9 Å². The molecule has 193 valence electrons. The zero-order chi connectivity index (χ0) is 24.9. The Morgan fingerprint density at radius 1 is 0.833 bits per heavy atom. The van der Waals surface area contributed by atoms with Gasteiger partial charge in [-0.3, -0.25) is 0 Å². The molecule has 3 aromatic carbocycles. The molecule has 0 fully saturated rings. The van der Waals surface area contributed by atoms with Gasteiger partial charge in [0.2, 0.25) is 0 Å². The minimum atomic E-state index is 0. The quantitative estimate of drug-likeness (QED) is 0.114. The van der Waals surface area contributed by atoms with Gasteiger partial charge in [-0.05, 0) is 35.8 Å². The maximum absolute atomic E-state index is 9.29. The van der Waals surface area contributed by atoms with Gasteiger partial charge in [0.05, 0.1) is 13.2 Å². The van der Waals surface area contributed by atoms with E-state index < -0.39 is 0 Å². The molecule has 0 saturated heterocycles. The van der Waals surface area contributed by atoms with E-state index in [1.165, 1.54) is 19.3 Å². The largest absolute Gasteiger partial charge is 0.811 e. The summed E-state index contributed by atoms with van der Waals surface area (Å²) in [4.78, 5) is 0. The zero-order valence-electron chi connectivity index (χ0n) is 21.7. The smallest absolute Gasteiger partial charge is 0.161 e. The van der Waals surface area contributed by atoms with Crippen molar-refractivity contribution in [1.82, 2.24) is 0 Å². The molecule has 0 saturated carbocycles. The van der Waals surface area contributed by atoms with E-state index in [1.54, 1.807) is 6.08 Å². The van der Waals surface area contributed by atoms with E-state index >= 15 is 0 Å². The Kier molecular flexibility index (Phi) is 13.2. The van der Waals surface area contributed by atoms with E-state index in [1.807, 2.05) is 30.3 Å². The molecular weight excluding hydrogens is 623 g/mol. The van der Waals surface area contributed by atoms with E-state index in [4.69, 9.17) is 9.47 Å². The van der Waals surface area contributed by atoms with Gasteiger partial charge >= 0.3 is 0 Å². The van der Waals surface area contributed by atoms with Gasteiger partial charge in [-0.25, -0.2) is 0 Å². The van der Waals surface area contributed by atoms with E-state index in [9.17, 15) is 5.41 Å². The number of rotatable bonds is 13. The second-order valence-corrected chi connectivity index (χ2v) is 8.79. The molecule has 0 bridgehead atoms. The van der Waals surface area contributed by atoms with Crippen LogP contribution in [0.5, 0.6) is 11.5 Å². The van der Waals surface area contributed by atoms with E-state index in [2.05, 4.69) is 57.2 Å². The van der Waals surface area contributed by atoms with Crippen molar-refractivity contribution in [2.75, 3.05) is 13.2 Å². The Hall–Kier alpha value is -2.68. The first-order valence-electron chi connectivity index (χ1n) is 12.8. The fourth-order valence-corrected chi connectivity index (χ4v) is 4.06. The molecule has 0 atom stereocenters. The first-order chi connectivity index (χ1) is 17.2. The molecule has 0 aliphatic carbocycles. The molecule has 0 heterocycles. The molecule has 0 aliphatic heterocycles. The van der Waals surface area contributed by atoms with Crippen molar-refractivity contribution in [3.05, 3.63) is 88.1 Å². The van der Waals surface area contributed by atoms with Crippen LogP contribution >= 0.6 is 0 Å². The SMILES string of the molecule is CCCCCOc1ccc(-c2cc[c-]c(C(C)=c3cccc/c3=C/C=[N-])c2)cc1OCCCCC.[Ir]. The van der Waals surface area contributed by atoms with Crippen LogP contribution in [0.3, 0.4) is 0 Å². The molecule has 3 nitrogen and oxygen atoms in total. The van der Waals surface area contributed by atoms with Crippen LogP contribution in [0.4, 0.5) is 0 Å². The third kappa shape index (κ3) is 8.47. The summed E-state index contributed by atoms with van der Waals surface area (Å²) in [6, 6.07) is 23.9. The molecule has 0 spiro atoms. The topological polar surface area (TPSA) is 40.8 Å². The average molecular weight is 660 g/mol. The summed E-state index contributed by atoms with van der Waals surface area (Å²) in [5.74, 6) is 1.63. The number of hydrogen-bond acceptors (Lipinski definition) is 2. The molecule has 3 aromatic rings.